The first kappa shape index (κ1) is 16.8. The Labute approximate surface area is 132 Å². The van der Waals surface area contributed by atoms with Gasteiger partial charge >= 0.3 is 0 Å². The van der Waals surface area contributed by atoms with Crippen molar-refractivity contribution in [3.05, 3.63) is 29.8 Å². The number of carbonyl (C=O) groups excluding carboxylic acids is 1. The van der Waals surface area contributed by atoms with Crippen molar-refractivity contribution in [2.45, 2.75) is 51.0 Å². The van der Waals surface area contributed by atoms with Crippen LogP contribution in [0.25, 0.3) is 0 Å². The molecule has 1 aromatic rings. The maximum Gasteiger partial charge on any atom is 0.220 e. The number of ether oxygens (including phenoxy) is 1. The Morgan fingerprint density at radius 1 is 1.27 bits per heavy atom. The summed E-state index contributed by atoms with van der Waals surface area (Å²) in [6.07, 6.45) is 6.20. The quantitative estimate of drug-likeness (QED) is 0.726. The average molecular weight is 305 g/mol. The van der Waals surface area contributed by atoms with E-state index in [0.29, 0.717) is 13.0 Å². The molecule has 1 aromatic carbocycles. The van der Waals surface area contributed by atoms with Gasteiger partial charge in [0.05, 0.1) is 13.2 Å². The summed E-state index contributed by atoms with van der Waals surface area (Å²) in [6.45, 7) is 0.623. The number of nitrogens with one attached hydrogen (secondary N) is 1. The Hall–Kier alpha value is -1.55. The van der Waals surface area contributed by atoms with E-state index in [2.05, 4.69) is 17.4 Å². The van der Waals surface area contributed by atoms with Gasteiger partial charge in [-0.15, -0.1) is 0 Å². The van der Waals surface area contributed by atoms with E-state index in [4.69, 9.17) is 4.74 Å². The minimum absolute atomic E-state index is 0.105. The minimum Gasteiger partial charge on any atom is -0.497 e. The molecular weight excluding hydrogens is 278 g/mol. The fraction of sp³-hybridized carbons (Fsp3) is 0.611. The molecule has 1 saturated carbocycles. The first-order valence-electron chi connectivity index (χ1n) is 8.26. The van der Waals surface area contributed by atoms with Crippen LogP contribution in [0, 0.1) is 5.92 Å². The third-order valence-corrected chi connectivity index (χ3v) is 4.46. The SMILES string of the molecule is COc1ccc(CCCCC(=O)NCC2CCCC2O)cc1. The van der Waals surface area contributed by atoms with Crippen LogP contribution < -0.4 is 10.1 Å². The number of carbonyl (C=O) groups is 1. The number of hydrogen-bond acceptors (Lipinski definition) is 3. The van der Waals surface area contributed by atoms with Crippen molar-refractivity contribution in [1.82, 2.24) is 5.32 Å². The highest BCUT2D eigenvalue weighted by atomic mass is 16.5. The van der Waals surface area contributed by atoms with E-state index >= 15 is 0 Å². The average Bonchev–Trinajstić information content (AvgIpc) is 2.95. The smallest absolute Gasteiger partial charge is 0.220 e. The predicted molar refractivity (Wildman–Crippen MR) is 86.9 cm³/mol. The molecule has 1 fully saturated rings. The molecule has 2 unspecified atom stereocenters. The molecule has 1 aliphatic carbocycles. The molecule has 1 aliphatic rings. The number of aryl methyl sites for hydroxylation is 1. The van der Waals surface area contributed by atoms with Crippen molar-refractivity contribution >= 4 is 5.91 Å². The van der Waals surface area contributed by atoms with Crippen molar-refractivity contribution in [3.8, 4) is 5.75 Å². The zero-order valence-corrected chi connectivity index (χ0v) is 13.4. The maximum absolute atomic E-state index is 11.8. The summed E-state index contributed by atoms with van der Waals surface area (Å²) >= 11 is 0. The van der Waals surface area contributed by atoms with Gasteiger partial charge in [-0.2, -0.15) is 0 Å². The normalized spacial score (nSPS) is 20.8. The van der Waals surface area contributed by atoms with Crippen LogP contribution in [0.3, 0.4) is 0 Å². The second kappa shape index (κ2) is 8.79. The van der Waals surface area contributed by atoms with Gasteiger partial charge in [-0.25, -0.2) is 0 Å². The Balaban J connectivity index is 1.56. The number of benzene rings is 1. The highest BCUT2D eigenvalue weighted by Crippen LogP contribution is 2.24. The summed E-state index contributed by atoms with van der Waals surface area (Å²) in [5.74, 6) is 1.23. The number of rotatable bonds is 8. The second-order valence-electron chi connectivity index (χ2n) is 6.12. The third kappa shape index (κ3) is 5.34. The van der Waals surface area contributed by atoms with Crippen LogP contribution in [-0.2, 0) is 11.2 Å². The van der Waals surface area contributed by atoms with Gasteiger partial charge in [0.25, 0.3) is 0 Å². The lowest BCUT2D eigenvalue weighted by molar-refractivity contribution is -0.121. The van der Waals surface area contributed by atoms with Gasteiger partial charge in [0, 0.05) is 18.9 Å². The van der Waals surface area contributed by atoms with Gasteiger partial charge in [0.1, 0.15) is 5.75 Å². The molecule has 0 aromatic heterocycles. The summed E-state index contributed by atoms with van der Waals surface area (Å²) in [5, 5.41) is 12.7. The fourth-order valence-electron chi connectivity index (χ4n) is 3.00. The molecule has 4 heteroatoms. The van der Waals surface area contributed by atoms with Gasteiger partial charge in [-0.3, -0.25) is 4.79 Å². The van der Waals surface area contributed by atoms with Crippen LogP contribution in [0.4, 0.5) is 0 Å². The number of aliphatic hydroxyl groups excluding tert-OH is 1. The van der Waals surface area contributed by atoms with Crippen LogP contribution in [0.2, 0.25) is 0 Å². The van der Waals surface area contributed by atoms with E-state index in [1.54, 1.807) is 7.11 Å². The number of aliphatic hydroxyl groups is 1. The largest absolute Gasteiger partial charge is 0.497 e. The first-order valence-corrected chi connectivity index (χ1v) is 8.26. The van der Waals surface area contributed by atoms with Crippen LogP contribution >= 0.6 is 0 Å². The lowest BCUT2D eigenvalue weighted by Gasteiger charge is -2.14. The zero-order valence-electron chi connectivity index (χ0n) is 13.4. The molecule has 0 aliphatic heterocycles. The summed E-state index contributed by atoms with van der Waals surface area (Å²) in [5.41, 5.74) is 1.27. The molecule has 0 saturated heterocycles. The van der Waals surface area contributed by atoms with Gasteiger partial charge in [-0.1, -0.05) is 18.6 Å². The van der Waals surface area contributed by atoms with Crippen molar-refractivity contribution in [1.29, 1.82) is 0 Å². The molecule has 4 nitrogen and oxygen atoms in total. The standard InChI is InChI=1S/C18H27NO3/c1-22-16-11-9-14(10-12-16)5-2-3-8-18(21)19-13-15-6-4-7-17(15)20/h9-12,15,17,20H,2-8,13H2,1H3,(H,19,21). The summed E-state index contributed by atoms with van der Waals surface area (Å²) in [6, 6.07) is 8.07. The topological polar surface area (TPSA) is 58.6 Å². The third-order valence-electron chi connectivity index (χ3n) is 4.46. The molecule has 0 bridgehead atoms. The Kier molecular flexibility index (Phi) is 6.72. The van der Waals surface area contributed by atoms with Crippen molar-refractivity contribution in [3.63, 3.8) is 0 Å². The Morgan fingerprint density at radius 3 is 2.68 bits per heavy atom. The van der Waals surface area contributed by atoms with Crippen molar-refractivity contribution in [2.75, 3.05) is 13.7 Å². The van der Waals surface area contributed by atoms with Crippen LogP contribution in [0.1, 0.15) is 44.1 Å². The van der Waals surface area contributed by atoms with Crippen molar-refractivity contribution < 1.29 is 14.6 Å². The molecule has 0 spiro atoms. The van der Waals surface area contributed by atoms with E-state index in [9.17, 15) is 9.90 Å². The molecule has 1 amide bonds. The molecule has 0 radical (unpaired) electrons. The van der Waals surface area contributed by atoms with Gasteiger partial charge in [0.15, 0.2) is 0 Å². The first-order chi connectivity index (χ1) is 10.7. The highest BCUT2D eigenvalue weighted by Gasteiger charge is 2.25. The zero-order chi connectivity index (χ0) is 15.8. The van der Waals surface area contributed by atoms with Crippen LogP contribution in [0.5, 0.6) is 5.75 Å². The molecule has 2 N–H and O–H groups in total. The predicted octanol–water partition coefficient (Wildman–Crippen LogP) is 2.69. The molecule has 22 heavy (non-hydrogen) atoms. The van der Waals surface area contributed by atoms with E-state index in [0.717, 1.165) is 44.3 Å². The van der Waals surface area contributed by atoms with E-state index in [-0.39, 0.29) is 17.9 Å². The lowest BCUT2D eigenvalue weighted by Crippen LogP contribution is -2.32. The number of unbranched alkanes of at least 4 members (excludes halogenated alkanes) is 1. The minimum atomic E-state index is -0.227. The molecule has 2 atom stereocenters. The molecule has 2 rings (SSSR count). The van der Waals surface area contributed by atoms with E-state index in [1.807, 2.05) is 12.1 Å². The number of hydrogen-bond donors (Lipinski definition) is 2. The van der Waals surface area contributed by atoms with Gasteiger partial charge in [0.2, 0.25) is 5.91 Å². The molecule has 122 valence electrons. The Morgan fingerprint density at radius 2 is 2.05 bits per heavy atom. The molecular formula is C18H27NO3. The summed E-state index contributed by atoms with van der Waals surface area (Å²) in [4.78, 5) is 11.8. The van der Waals surface area contributed by atoms with Crippen molar-refractivity contribution in [2.24, 2.45) is 5.92 Å². The molecule has 0 heterocycles. The maximum atomic E-state index is 11.8. The Bertz CT molecular complexity index is 458. The second-order valence-corrected chi connectivity index (χ2v) is 6.12. The summed E-state index contributed by atoms with van der Waals surface area (Å²) < 4.78 is 5.13. The highest BCUT2D eigenvalue weighted by molar-refractivity contribution is 5.75. The summed E-state index contributed by atoms with van der Waals surface area (Å²) in [7, 11) is 1.66. The van der Waals surface area contributed by atoms with Gasteiger partial charge in [-0.05, 0) is 49.8 Å². The number of amides is 1. The monoisotopic (exact) mass is 305 g/mol. The fourth-order valence-corrected chi connectivity index (χ4v) is 3.00. The lowest BCUT2D eigenvalue weighted by atomic mass is 10.1. The van der Waals surface area contributed by atoms with Crippen LogP contribution in [-0.4, -0.2) is 30.8 Å². The van der Waals surface area contributed by atoms with E-state index in [1.165, 1.54) is 5.56 Å². The van der Waals surface area contributed by atoms with Gasteiger partial charge < -0.3 is 15.2 Å². The van der Waals surface area contributed by atoms with E-state index < -0.39 is 0 Å². The number of methoxy groups -OCH3 is 1. The van der Waals surface area contributed by atoms with Crippen LogP contribution in [0.15, 0.2) is 24.3 Å².